The first-order valence-corrected chi connectivity index (χ1v) is 8.58. The summed E-state index contributed by atoms with van der Waals surface area (Å²) >= 11 is 0. The third-order valence-corrected chi connectivity index (χ3v) is 5.00. The van der Waals surface area contributed by atoms with Crippen molar-refractivity contribution in [2.45, 2.75) is 58.9 Å². The van der Waals surface area contributed by atoms with Gasteiger partial charge in [-0.15, -0.1) is 0 Å². The molecule has 0 aromatic heterocycles. The van der Waals surface area contributed by atoms with Crippen molar-refractivity contribution >= 4 is 10.0 Å². The van der Waals surface area contributed by atoms with Crippen molar-refractivity contribution in [3.05, 3.63) is 0 Å². The fourth-order valence-corrected chi connectivity index (χ4v) is 3.73. The summed E-state index contributed by atoms with van der Waals surface area (Å²) in [6, 6.07) is 0.157. The third-order valence-electron chi connectivity index (χ3n) is 3.65. The summed E-state index contributed by atoms with van der Waals surface area (Å²) in [5.74, 6) is 0.515. The van der Waals surface area contributed by atoms with Crippen molar-refractivity contribution in [2.24, 2.45) is 17.1 Å². The van der Waals surface area contributed by atoms with E-state index < -0.39 is 10.0 Å². The van der Waals surface area contributed by atoms with Crippen molar-refractivity contribution in [1.82, 2.24) is 4.72 Å². The highest BCUT2D eigenvalue weighted by Gasteiger charge is 2.24. The molecule has 1 aliphatic carbocycles. The lowest BCUT2D eigenvalue weighted by Gasteiger charge is -2.28. The molecule has 0 bridgehead atoms. The van der Waals surface area contributed by atoms with Crippen LogP contribution in [0.15, 0.2) is 0 Å². The van der Waals surface area contributed by atoms with Gasteiger partial charge in [0.25, 0.3) is 0 Å². The van der Waals surface area contributed by atoms with Crippen LogP contribution in [0.5, 0.6) is 0 Å². The standard InChI is InChI=1S/C13H28N2O2S/c1-13(2,3)8-9-18(16,17)15-10-11-6-4-5-7-12(11)14/h11-12,15H,4-10,14H2,1-3H3. The molecular weight excluding hydrogens is 248 g/mol. The molecular formula is C13H28N2O2S. The average molecular weight is 276 g/mol. The summed E-state index contributed by atoms with van der Waals surface area (Å²) in [7, 11) is -3.14. The topological polar surface area (TPSA) is 72.2 Å². The maximum atomic E-state index is 11.9. The number of sulfonamides is 1. The minimum absolute atomic E-state index is 0.0516. The van der Waals surface area contributed by atoms with E-state index in [9.17, 15) is 8.42 Å². The quantitative estimate of drug-likeness (QED) is 0.805. The van der Waals surface area contributed by atoms with Gasteiger partial charge < -0.3 is 5.73 Å². The summed E-state index contributed by atoms with van der Waals surface area (Å²) in [6.45, 7) is 6.67. The second-order valence-corrected chi connectivity index (χ2v) is 8.61. The molecule has 108 valence electrons. The van der Waals surface area contributed by atoms with Crippen molar-refractivity contribution in [3.63, 3.8) is 0 Å². The van der Waals surface area contributed by atoms with Crippen molar-refractivity contribution in [3.8, 4) is 0 Å². The number of hydrogen-bond acceptors (Lipinski definition) is 3. The zero-order chi connectivity index (χ0) is 13.8. The third kappa shape index (κ3) is 6.16. The van der Waals surface area contributed by atoms with E-state index in [0.29, 0.717) is 18.9 Å². The minimum Gasteiger partial charge on any atom is -0.327 e. The van der Waals surface area contributed by atoms with Gasteiger partial charge in [-0.3, -0.25) is 0 Å². The van der Waals surface area contributed by atoms with Gasteiger partial charge in [-0.25, -0.2) is 13.1 Å². The van der Waals surface area contributed by atoms with Gasteiger partial charge in [0.15, 0.2) is 0 Å². The van der Waals surface area contributed by atoms with Crippen LogP contribution >= 0.6 is 0 Å². The molecule has 1 saturated carbocycles. The molecule has 1 rings (SSSR count). The fourth-order valence-electron chi connectivity index (χ4n) is 2.24. The van der Waals surface area contributed by atoms with Gasteiger partial charge in [-0.1, -0.05) is 33.6 Å². The summed E-state index contributed by atoms with van der Waals surface area (Å²) in [6.07, 6.45) is 5.09. The summed E-state index contributed by atoms with van der Waals surface area (Å²) in [5, 5.41) is 0. The van der Waals surface area contributed by atoms with Crippen molar-refractivity contribution in [1.29, 1.82) is 0 Å². The SMILES string of the molecule is CC(C)(C)CCS(=O)(=O)NCC1CCCCC1N. The maximum absolute atomic E-state index is 11.9. The Morgan fingerprint density at radius 1 is 1.22 bits per heavy atom. The van der Waals surface area contributed by atoms with E-state index >= 15 is 0 Å². The minimum atomic E-state index is -3.14. The number of nitrogens with two attached hydrogens (primary N) is 1. The molecule has 0 radical (unpaired) electrons. The molecule has 0 aliphatic heterocycles. The Morgan fingerprint density at radius 3 is 2.39 bits per heavy atom. The number of nitrogens with one attached hydrogen (secondary N) is 1. The smallest absolute Gasteiger partial charge is 0.211 e. The van der Waals surface area contributed by atoms with Gasteiger partial charge in [0.1, 0.15) is 0 Å². The zero-order valence-electron chi connectivity index (χ0n) is 11.9. The van der Waals surface area contributed by atoms with E-state index in [0.717, 1.165) is 12.8 Å². The van der Waals surface area contributed by atoms with Crippen LogP contribution in [0.4, 0.5) is 0 Å². The highest BCUT2D eigenvalue weighted by atomic mass is 32.2. The predicted octanol–water partition coefficient (Wildman–Crippen LogP) is 1.86. The Labute approximate surface area is 112 Å². The molecule has 3 N–H and O–H groups in total. The van der Waals surface area contributed by atoms with E-state index in [1.807, 2.05) is 0 Å². The highest BCUT2D eigenvalue weighted by Crippen LogP contribution is 2.23. The lowest BCUT2D eigenvalue weighted by atomic mass is 9.85. The molecule has 0 heterocycles. The molecule has 5 heteroatoms. The van der Waals surface area contributed by atoms with Crippen LogP contribution in [0, 0.1) is 11.3 Å². The second-order valence-electron chi connectivity index (χ2n) is 6.69. The normalized spacial score (nSPS) is 26.2. The maximum Gasteiger partial charge on any atom is 0.211 e. The van der Waals surface area contributed by atoms with Crippen LogP contribution < -0.4 is 10.5 Å². The van der Waals surface area contributed by atoms with E-state index in [1.165, 1.54) is 12.8 Å². The van der Waals surface area contributed by atoms with Crippen LogP contribution in [0.25, 0.3) is 0 Å². The van der Waals surface area contributed by atoms with E-state index in [1.54, 1.807) is 0 Å². The average Bonchev–Trinajstić information content (AvgIpc) is 2.25. The largest absolute Gasteiger partial charge is 0.327 e. The van der Waals surface area contributed by atoms with Crippen LogP contribution in [-0.4, -0.2) is 26.8 Å². The molecule has 2 unspecified atom stereocenters. The van der Waals surface area contributed by atoms with E-state index in [4.69, 9.17) is 5.73 Å². The summed E-state index contributed by atoms with van der Waals surface area (Å²) < 4.78 is 26.5. The van der Waals surface area contributed by atoms with E-state index in [2.05, 4.69) is 25.5 Å². The Balaban J connectivity index is 2.36. The Morgan fingerprint density at radius 2 is 1.83 bits per heavy atom. The molecule has 4 nitrogen and oxygen atoms in total. The Hall–Kier alpha value is -0.130. The van der Waals surface area contributed by atoms with Crippen LogP contribution in [0.3, 0.4) is 0 Å². The summed E-state index contributed by atoms with van der Waals surface area (Å²) in [5.41, 5.74) is 6.07. The van der Waals surface area contributed by atoms with Crippen LogP contribution in [-0.2, 0) is 10.0 Å². The van der Waals surface area contributed by atoms with E-state index in [-0.39, 0.29) is 17.2 Å². The molecule has 1 fully saturated rings. The van der Waals surface area contributed by atoms with Gasteiger partial charge in [-0.05, 0) is 30.6 Å². The first-order valence-electron chi connectivity index (χ1n) is 6.92. The van der Waals surface area contributed by atoms with Gasteiger partial charge >= 0.3 is 0 Å². The lowest BCUT2D eigenvalue weighted by molar-refractivity contribution is 0.308. The van der Waals surface area contributed by atoms with Crippen LogP contribution in [0.1, 0.15) is 52.9 Å². The number of rotatable bonds is 5. The molecule has 18 heavy (non-hydrogen) atoms. The fraction of sp³-hybridized carbons (Fsp3) is 1.00. The molecule has 0 amide bonds. The highest BCUT2D eigenvalue weighted by molar-refractivity contribution is 7.89. The monoisotopic (exact) mass is 276 g/mol. The molecule has 0 saturated heterocycles. The van der Waals surface area contributed by atoms with Gasteiger partial charge in [0, 0.05) is 12.6 Å². The van der Waals surface area contributed by atoms with Gasteiger partial charge in [0.2, 0.25) is 10.0 Å². The van der Waals surface area contributed by atoms with Gasteiger partial charge in [0.05, 0.1) is 5.75 Å². The molecule has 0 aromatic carbocycles. The predicted molar refractivity (Wildman–Crippen MR) is 75.8 cm³/mol. The molecule has 1 aliphatic rings. The Bertz CT molecular complexity index is 346. The number of hydrogen-bond donors (Lipinski definition) is 2. The summed E-state index contributed by atoms with van der Waals surface area (Å²) in [4.78, 5) is 0. The molecule has 0 spiro atoms. The van der Waals surface area contributed by atoms with Gasteiger partial charge in [-0.2, -0.15) is 0 Å². The second kappa shape index (κ2) is 6.35. The zero-order valence-corrected chi connectivity index (χ0v) is 12.7. The molecule has 0 aromatic rings. The first-order chi connectivity index (χ1) is 8.20. The lowest BCUT2D eigenvalue weighted by Crippen LogP contribution is -2.41. The molecule has 2 atom stereocenters. The Kier molecular flexibility index (Phi) is 5.62. The van der Waals surface area contributed by atoms with Crippen molar-refractivity contribution in [2.75, 3.05) is 12.3 Å². The van der Waals surface area contributed by atoms with Crippen LogP contribution in [0.2, 0.25) is 0 Å². The first kappa shape index (κ1) is 15.9. The van der Waals surface area contributed by atoms with Crippen molar-refractivity contribution < 1.29 is 8.42 Å².